The Kier molecular flexibility index (Phi) is 17.8. The number of rotatable bonds is 5. The molecule has 0 aromatic heterocycles. The Labute approximate surface area is 208 Å². The Morgan fingerprint density at radius 3 is 1.70 bits per heavy atom. The van der Waals surface area contributed by atoms with Gasteiger partial charge in [-0.1, -0.05) is 53.9 Å². The number of piperidine rings is 1. The number of hydrogen-bond acceptors (Lipinski definition) is 5. The van der Waals surface area contributed by atoms with Crippen LogP contribution in [-0.4, -0.2) is 111 Å². The van der Waals surface area contributed by atoms with Crippen molar-refractivity contribution < 1.29 is 4.74 Å². The maximum absolute atomic E-state index is 6.15. The second-order valence-corrected chi connectivity index (χ2v) is 10.1. The molecule has 1 saturated carbocycles. The topological polar surface area (TPSA) is 22.2 Å². The molecule has 0 aromatic carbocycles. The molecule has 0 amide bonds. The van der Waals surface area contributed by atoms with Crippen molar-refractivity contribution >= 4 is 0 Å². The molecule has 4 aliphatic rings. The lowest BCUT2D eigenvalue weighted by Gasteiger charge is -2.33. The zero-order chi connectivity index (χ0) is 24.5. The molecule has 1 atom stereocenters. The third-order valence-electron chi connectivity index (χ3n) is 7.53. The number of likely N-dealkylation sites (N-methyl/N-ethyl adjacent to an activating group) is 1. The SMILES string of the molecule is CC.CC.CCN1CCC(CN2CCN(C)CC2)C1.CN1CCC(OC2CCCCC2)CC1. The van der Waals surface area contributed by atoms with Crippen molar-refractivity contribution in [2.45, 2.75) is 98.2 Å². The van der Waals surface area contributed by atoms with Gasteiger partial charge in [-0.15, -0.1) is 0 Å². The molecule has 5 heteroatoms. The highest BCUT2D eigenvalue weighted by molar-refractivity contribution is 4.79. The average molecular weight is 469 g/mol. The maximum atomic E-state index is 6.15. The second kappa shape index (κ2) is 19.0. The normalized spacial score (nSPS) is 26.5. The van der Waals surface area contributed by atoms with Gasteiger partial charge in [0.25, 0.3) is 0 Å². The van der Waals surface area contributed by atoms with Crippen LogP contribution in [0.3, 0.4) is 0 Å². The van der Waals surface area contributed by atoms with Crippen LogP contribution in [0.15, 0.2) is 0 Å². The van der Waals surface area contributed by atoms with E-state index >= 15 is 0 Å². The van der Waals surface area contributed by atoms with Crippen LogP contribution >= 0.6 is 0 Å². The molecule has 33 heavy (non-hydrogen) atoms. The summed E-state index contributed by atoms with van der Waals surface area (Å²) in [5.41, 5.74) is 0. The molecule has 0 bridgehead atoms. The smallest absolute Gasteiger partial charge is 0.0603 e. The Morgan fingerprint density at radius 2 is 1.15 bits per heavy atom. The molecule has 1 aliphatic carbocycles. The lowest BCUT2D eigenvalue weighted by atomic mass is 9.97. The van der Waals surface area contributed by atoms with E-state index in [1.165, 1.54) is 117 Å². The fourth-order valence-electron chi connectivity index (χ4n) is 5.34. The number of piperazine rings is 1. The van der Waals surface area contributed by atoms with Crippen LogP contribution < -0.4 is 0 Å². The van der Waals surface area contributed by atoms with E-state index in [0.717, 1.165) is 5.92 Å². The van der Waals surface area contributed by atoms with Gasteiger partial charge in [0.15, 0.2) is 0 Å². The Hall–Kier alpha value is -0.200. The van der Waals surface area contributed by atoms with Gasteiger partial charge in [0, 0.05) is 52.4 Å². The highest BCUT2D eigenvalue weighted by Gasteiger charge is 2.25. The summed E-state index contributed by atoms with van der Waals surface area (Å²) in [6.45, 7) is 23.0. The summed E-state index contributed by atoms with van der Waals surface area (Å²) in [5, 5.41) is 0. The van der Waals surface area contributed by atoms with Crippen LogP contribution in [0.5, 0.6) is 0 Å². The highest BCUT2D eigenvalue weighted by Crippen LogP contribution is 2.24. The first-order valence-corrected chi connectivity index (χ1v) is 14.6. The first kappa shape index (κ1) is 30.8. The van der Waals surface area contributed by atoms with Gasteiger partial charge in [0.05, 0.1) is 12.2 Å². The predicted molar refractivity (Wildman–Crippen MR) is 145 cm³/mol. The minimum absolute atomic E-state index is 0.564. The summed E-state index contributed by atoms with van der Waals surface area (Å²) >= 11 is 0. The first-order chi connectivity index (χ1) is 16.1. The van der Waals surface area contributed by atoms with Crippen molar-refractivity contribution in [1.29, 1.82) is 0 Å². The number of hydrogen-bond donors (Lipinski definition) is 0. The van der Waals surface area contributed by atoms with Crippen molar-refractivity contribution in [1.82, 2.24) is 19.6 Å². The van der Waals surface area contributed by atoms with E-state index in [0.29, 0.717) is 12.2 Å². The van der Waals surface area contributed by atoms with Gasteiger partial charge in [0.2, 0.25) is 0 Å². The molecule has 1 unspecified atom stereocenters. The first-order valence-electron chi connectivity index (χ1n) is 14.6. The number of ether oxygens (including phenoxy) is 1. The predicted octanol–water partition coefficient (Wildman–Crippen LogP) is 5.06. The monoisotopic (exact) mass is 468 g/mol. The quantitative estimate of drug-likeness (QED) is 0.561. The molecule has 198 valence electrons. The van der Waals surface area contributed by atoms with Gasteiger partial charge in [0.1, 0.15) is 0 Å². The molecule has 0 spiro atoms. The summed E-state index contributed by atoms with van der Waals surface area (Å²) in [7, 11) is 4.43. The molecule has 3 heterocycles. The molecule has 0 aromatic rings. The minimum atomic E-state index is 0.564. The lowest BCUT2D eigenvalue weighted by Crippen LogP contribution is -2.46. The third-order valence-corrected chi connectivity index (χ3v) is 7.53. The summed E-state index contributed by atoms with van der Waals surface area (Å²) in [6, 6.07) is 0. The standard InChI is InChI=1S/C12H25N3.C12H23NO.2C2H6/c1-3-14-5-4-12(10-14)11-15-8-6-13(2)7-9-15;1-13-9-7-12(8-10-13)14-11-5-3-2-4-6-11;2*1-2/h12H,3-11H2,1-2H3;11-12H,2-10H2,1H3;2*1-2H3. The third kappa shape index (κ3) is 12.9. The van der Waals surface area contributed by atoms with Crippen LogP contribution in [0.4, 0.5) is 0 Å². The van der Waals surface area contributed by atoms with Gasteiger partial charge in [-0.25, -0.2) is 0 Å². The summed E-state index contributed by atoms with van der Waals surface area (Å²) in [4.78, 5) is 10.1. The fourth-order valence-corrected chi connectivity index (χ4v) is 5.34. The fraction of sp³-hybridized carbons (Fsp3) is 1.00. The molecule has 3 aliphatic heterocycles. The molecular weight excluding hydrogens is 408 g/mol. The summed E-state index contributed by atoms with van der Waals surface area (Å²) in [5.74, 6) is 0.938. The van der Waals surface area contributed by atoms with E-state index in [2.05, 4.69) is 40.6 Å². The molecule has 4 fully saturated rings. The van der Waals surface area contributed by atoms with Gasteiger partial charge in [-0.05, 0) is 65.2 Å². The van der Waals surface area contributed by atoms with Crippen molar-refractivity contribution in [3.05, 3.63) is 0 Å². The summed E-state index contributed by atoms with van der Waals surface area (Å²) in [6.07, 6.45) is 11.9. The molecular formula is C28H60N4O. The minimum Gasteiger partial charge on any atom is -0.375 e. The van der Waals surface area contributed by atoms with E-state index in [1.807, 2.05) is 27.7 Å². The van der Waals surface area contributed by atoms with Crippen molar-refractivity contribution in [3.63, 3.8) is 0 Å². The largest absolute Gasteiger partial charge is 0.375 e. The molecule has 3 saturated heterocycles. The second-order valence-electron chi connectivity index (χ2n) is 10.1. The Balaban J connectivity index is 0.000000288. The van der Waals surface area contributed by atoms with Crippen molar-refractivity contribution in [2.24, 2.45) is 5.92 Å². The highest BCUT2D eigenvalue weighted by atomic mass is 16.5. The van der Waals surface area contributed by atoms with Crippen LogP contribution in [0.25, 0.3) is 0 Å². The van der Waals surface area contributed by atoms with Gasteiger partial charge >= 0.3 is 0 Å². The Morgan fingerprint density at radius 1 is 0.606 bits per heavy atom. The van der Waals surface area contributed by atoms with E-state index < -0.39 is 0 Å². The number of likely N-dealkylation sites (tertiary alicyclic amines) is 2. The summed E-state index contributed by atoms with van der Waals surface area (Å²) < 4.78 is 6.15. The lowest BCUT2D eigenvalue weighted by molar-refractivity contribution is -0.0532. The maximum Gasteiger partial charge on any atom is 0.0603 e. The van der Waals surface area contributed by atoms with Gasteiger partial charge in [-0.2, -0.15) is 0 Å². The molecule has 0 radical (unpaired) electrons. The zero-order valence-corrected chi connectivity index (χ0v) is 23.7. The van der Waals surface area contributed by atoms with Crippen molar-refractivity contribution in [2.75, 3.05) is 79.5 Å². The number of nitrogens with zero attached hydrogens (tertiary/aromatic N) is 4. The van der Waals surface area contributed by atoms with Crippen LogP contribution in [0.1, 0.15) is 86.0 Å². The van der Waals surface area contributed by atoms with Crippen molar-refractivity contribution in [3.8, 4) is 0 Å². The molecule has 0 N–H and O–H groups in total. The van der Waals surface area contributed by atoms with Crippen LogP contribution in [0, 0.1) is 5.92 Å². The average Bonchev–Trinajstić information content (AvgIpc) is 3.33. The zero-order valence-electron chi connectivity index (χ0n) is 23.7. The molecule has 4 rings (SSSR count). The van der Waals surface area contributed by atoms with E-state index in [-0.39, 0.29) is 0 Å². The van der Waals surface area contributed by atoms with Gasteiger partial charge in [-0.3, -0.25) is 0 Å². The molecule has 5 nitrogen and oxygen atoms in total. The van der Waals surface area contributed by atoms with E-state index in [1.54, 1.807) is 0 Å². The Bertz CT molecular complexity index is 428. The van der Waals surface area contributed by atoms with Crippen LogP contribution in [0.2, 0.25) is 0 Å². The van der Waals surface area contributed by atoms with Gasteiger partial charge < -0.3 is 24.3 Å². The van der Waals surface area contributed by atoms with E-state index in [4.69, 9.17) is 4.74 Å². The van der Waals surface area contributed by atoms with E-state index in [9.17, 15) is 0 Å². The van der Waals surface area contributed by atoms with Crippen LogP contribution in [-0.2, 0) is 4.74 Å².